The van der Waals surface area contributed by atoms with E-state index in [2.05, 4.69) is 46.4 Å². The van der Waals surface area contributed by atoms with E-state index in [-0.39, 0.29) is 35.5 Å². The van der Waals surface area contributed by atoms with Crippen LogP contribution in [0.25, 0.3) is 0 Å². The fraction of sp³-hybridized carbons (Fsp3) is 0.611. The van der Waals surface area contributed by atoms with Crippen LogP contribution in [-0.2, 0) is 6.42 Å². The zero-order chi connectivity index (χ0) is 15.6. The molecule has 2 unspecified atom stereocenters. The van der Waals surface area contributed by atoms with E-state index in [1.165, 1.54) is 17.7 Å². The van der Waals surface area contributed by atoms with Gasteiger partial charge in [-0.3, -0.25) is 4.99 Å². The number of fused-ring (bicyclic) bond motifs is 1. The van der Waals surface area contributed by atoms with E-state index >= 15 is 0 Å². The van der Waals surface area contributed by atoms with E-state index < -0.39 is 0 Å². The van der Waals surface area contributed by atoms with Crippen LogP contribution >= 0.6 is 24.0 Å². The zero-order valence-electron chi connectivity index (χ0n) is 14.1. The highest BCUT2D eigenvalue weighted by Crippen LogP contribution is 2.35. The van der Waals surface area contributed by atoms with Gasteiger partial charge in [-0.2, -0.15) is 0 Å². The van der Waals surface area contributed by atoms with Gasteiger partial charge in [-0.05, 0) is 30.9 Å². The van der Waals surface area contributed by atoms with Crippen LogP contribution in [0.3, 0.4) is 0 Å². The van der Waals surface area contributed by atoms with Crippen LogP contribution in [0.2, 0.25) is 0 Å². The Labute approximate surface area is 156 Å². The summed E-state index contributed by atoms with van der Waals surface area (Å²) in [5.41, 5.74) is 2.59. The number of aliphatic hydroxyl groups excluding tert-OH is 1. The van der Waals surface area contributed by atoms with Crippen LogP contribution in [-0.4, -0.2) is 37.3 Å². The number of halogens is 1. The highest BCUT2D eigenvalue weighted by atomic mass is 127. The molecule has 0 aromatic heterocycles. The Bertz CT molecular complexity index is 563. The van der Waals surface area contributed by atoms with Crippen molar-refractivity contribution in [3.63, 3.8) is 0 Å². The van der Waals surface area contributed by atoms with Gasteiger partial charge in [-0.25, -0.2) is 0 Å². The Kier molecular flexibility index (Phi) is 6.31. The predicted octanol–water partition coefficient (Wildman–Crippen LogP) is 3.18. The standard InChI is InChI=1S/C18H27N3O.HI/c1-18(11-6-5-9-16(18)22)13-20-17(19-2)21-12-10-14-7-3-4-8-15(14)21;/h3-4,7-8,16,22H,5-6,9-13H2,1-2H3,(H,19,20);1H. The maximum absolute atomic E-state index is 10.3. The van der Waals surface area contributed by atoms with Crippen molar-refractivity contribution >= 4 is 35.6 Å². The Morgan fingerprint density at radius 2 is 2.17 bits per heavy atom. The molecule has 1 aromatic carbocycles. The van der Waals surface area contributed by atoms with Crippen molar-refractivity contribution in [3.8, 4) is 0 Å². The molecule has 0 radical (unpaired) electrons. The van der Waals surface area contributed by atoms with Crippen molar-refractivity contribution in [3.05, 3.63) is 29.8 Å². The number of nitrogens with one attached hydrogen (secondary N) is 1. The summed E-state index contributed by atoms with van der Waals surface area (Å²) in [6, 6.07) is 8.52. The molecule has 5 heteroatoms. The molecule has 0 bridgehead atoms. The van der Waals surface area contributed by atoms with Gasteiger partial charge in [0.05, 0.1) is 6.10 Å². The molecule has 1 fully saturated rings. The molecule has 1 aromatic rings. The lowest BCUT2D eigenvalue weighted by atomic mass is 9.73. The van der Waals surface area contributed by atoms with E-state index in [1.54, 1.807) is 0 Å². The highest BCUT2D eigenvalue weighted by Gasteiger charge is 2.36. The minimum atomic E-state index is -0.210. The van der Waals surface area contributed by atoms with Gasteiger partial charge in [0.1, 0.15) is 0 Å². The topological polar surface area (TPSA) is 47.9 Å². The van der Waals surface area contributed by atoms with Crippen molar-refractivity contribution in [2.45, 2.75) is 45.1 Å². The first-order valence-corrected chi connectivity index (χ1v) is 8.38. The summed E-state index contributed by atoms with van der Waals surface area (Å²) in [6.07, 6.45) is 5.21. The van der Waals surface area contributed by atoms with Crippen LogP contribution in [0.4, 0.5) is 5.69 Å². The van der Waals surface area contributed by atoms with Crippen molar-refractivity contribution in [2.24, 2.45) is 10.4 Å². The lowest BCUT2D eigenvalue weighted by Gasteiger charge is -2.39. The van der Waals surface area contributed by atoms with Gasteiger partial charge in [-0.1, -0.05) is 38.0 Å². The third kappa shape index (κ3) is 3.82. The summed E-state index contributed by atoms with van der Waals surface area (Å²) in [5, 5.41) is 13.9. The molecular formula is C18H28IN3O. The Balaban J connectivity index is 0.00000192. The monoisotopic (exact) mass is 429 g/mol. The summed E-state index contributed by atoms with van der Waals surface area (Å²) in [4.78, 5) is 6.72. The van der Waals surface area contributed by atoms with E-state index in [9.17, 15) is 5.11 Å². The Morgan fingerprint density at radius 3 is 2.91 bits per heavy atom. The molecule has 1 aliphatic heterocycles. The summed E-state index contributed by atoms with van der Waals surface area (Å²) in [7, 11) is 1.84. The van der Waals surface area contributed by atoms with Crippen LogP contribution in [0.15, 0.2) is 29.3 Å². The normalized spacial score (nSPS) is 27.3. The number of hydrogen-bond acceptors (Lipinski definition) is 2. The minimum absolute atomic E-state index is 0. The van der Waals surface area contributed by atoms with E-state index in [1.807, 2.05) is 7.05 Å². The molecule has 4 nitrogen and oxygen atoms in total. The van der Waals surface area contributed by atoms with Crippen LogP contribution in [0.5, 0.6) is 0 Å². The first-order valence-electron chi connectivity index (χ1n) is 8.38. The third-order valence-corrected chi connectivity index (χ3v) is 5.28. The van der Waals surface area contributed by atoms with Crippen molar-refractivity contribution in [1.82, 2.24) is 5.32 Å². The molecule has 128 valence electrons. The van der Waals surface area contributed by atoms with Gasteiger partial charge in [0.25, 0.3) is 0 Å². The molecule has 2 N–H and O–H groups in total. The quantitative estimate of drug-likeness (QED) is 0.432. The predicted molar refractivity (Wildman–Crippen MR) is 107 cm³/mol. The second-order valence-electron chi connectivity index (χ2n) is 6.85. The molecule has 1 saturated carbocycles. The smallest absolute Gasteiger partial charge is 0.198 e. The second kappa shape index (κ2) is 7.83. The molecule has 1 heterocycles. The molecule has 0 amide bonds. The first-order chi connectivity index (χ1) is 10.6. The number of rotatable bonds is 2. The van der Waals surface area contributed by atoms with Gasteiger partial charge < -0.3 is 15.3 Å². The lowest BCUT2D eigenvalue weighted by molar-refractivity contribution is 0.00404. The van der Waals surface area contributed by atoms with Gasteiger partial charge in [0, 0.05) is 31.2 Å². The summed E-state index contributed by atoms with van der Waals surface area (Å²) >= 11 is 0. The minimum Gasteiger partial charge on any atom is -0.392 e. The fourth-order valence-electron chi connectivity index (χ4n) is 3.72. The molecule has 3 rings (SSSR count). The first kappa shape index (κ1) is 18.5. The maximum Gasteiger partial charge on any atom is 0.198 e. The van der Waals surface area contributed by atoms with Crippen molar-refractivity contribution < 1.29 is 5.11 Å². The van der Waals surface area contributed by atoms with Crippen molar-refractivity contribution in [2.75, 3.05) is 25.0 Å². The maximum atomic E-state index is 10.3. The molecule has 2 aliphatic rings. The SMILES string of the molecule is CN=C(NCC1(C)CCCCC1O)N1CCc2ccccc21.I. The number of aliphatic imine (C=N–C) groups is 1. The van der Waals surface area contributed by atoms with Crippen molar-refractivity contribution in [1.29, 1.82) is 0 Å². The van der Waals surface area contributed by atoms with E-state index in [4.69, 9.17) is 0 Å². The van der Waals surface area contributed by atoms with Gasteiger partial charge in [0.15, 0.2) is 5.96 Å². The largest absolute Gasteiger partial charge is 0.392 e. The number of para-hydroxylation sites is 1. The molecule has 23 heavy (non-hydrogen) atoms. The Morgan fingerprint density at radius 1 is 1.39 bits per heavy atom. The molecule has 0 spiro atoms. The highest BCUT2D eigenvalue weighted by molar-refractivity contribution is 14.0. The van der Waals surface area contributed by atoms with E-state index in [0.717, 1.165) is 44.7 Å². The number of anilines is 1. The number of hydrogen-bond donors (Lipinski definition) is 2. The summed E-state index contributed by atoms with van der Waals surface area (Å²) in [6.45, 7) is 3.94. The van der Waals surface area contributed by atoms with Crippen LogP contribution in [0, 0.1) is 5.41 Å². The lowest BCUT2D eigenvalue weighted by Crippen LogP contribution is -2.49. The molecule has 2 atom stereocenters. The second-order valence-corrected chi connectivity index (χ2v) is 6.85. The summed E-state index contributed by atoms with van der Waals surface area (Å²) < 4.78 is 0. The molecular weight excluding hydrogens is 401 g/mol. The number of nitrogens with zero attached hydrogens (tertiary/aromatic N) is 2. The summed E-state index contributed by atoms with van der Waals surface area (Å²) in [5.74, 6) is 0.920. The zero-order valence-corrected chi connectivity index (χ0v) is 16.4. The average Bonchev–Trinajstić information content (AvgIpc) is 2.95. The number of guanidine groups is 1. The van der Waals surface area contributed by atoms with Crippen LogP contribution < -0.4 is 10.2 Å². The number of benzene rings is 1. The van der Waals surface area contributed by atoms with E-state index in [0.29, 0.717) is 0 Å². The van der Waals surface area contributed by atoms with Gasteiger partial charge in [0.2, 0.25) is 0 Å². The third-order valence-electron chi connectivity index (χ3n) is 5.28. The van der Waals surface area contributed by atoms with Gasteiger partial charge >= 0.3 is 0 Å². The molecule has 0 saturated heterocycles. The Hall–Kier alpha value is -0.820. The number of aliphatic hydroxyl groups is 1. The average molecular weight is 429 g/mol. The van der Waals surface area contributed by atoms with Gasteiger partial charge in [-0.15, -0.1) is 24.0 Å². The van der Waals surface area contributed by atoms with Crippen LogP contribution in [0.1, 0.15) is 38.2 Å². The fourth-order valence-corrected chi connectivity index (χ4v) is 3.72. The molecule has 1 aliphatic carbocycles.